The molecule has 0 bridgehead atoms. The van der Waals surface area contributed by atoms with Gasteiger partial charge in [0.1, 0.15) is 17.7 Å². The highest BCUT2D eigenvalue weighted by Gasteiger charge is 2.13. The fourth-order valence-electron chi connectivity index (χ4n) is 1.89. The summed E-state index contributed by atoms with van der Waals surface area (Å²) in [7, 11) is 0. The number of hydrogen-bond donors (Lipinski definition) is 1. The topological polar surface area (TPSA) is 21.3 Å². The number of hydrogen-bond acceptors (Lipinski definition) is 2. The molecule has 0 amide bonds. The molecule has 2 nitrogen and oxygen atoms in total. The third-order valence-electron chi connectivity index (χ3n) is 2.92. The first-order valence-electron chi connectivity index (χ1n) is 6.58. The maximum atomic E-state index is 13.2. The van der Waals surface area contributed by atoms with E-state index in [0.29, 0.717) is 12.3 Å². The molecule has 0 saturated carbocycles. The molecule has 106 valence electrons. The molecule has 4 heteroatoms. The molecule has 0 radical (unpaired) electrons. The van der Waals surface area contributed by atoms with Crippen LogP contribution in [0.3, 0.4) is 0 Å². The summed E-state index contributed by atoms with van der Waals surface area (Å²) in [6, 6.07) is 14.3. The highest BCUT2D eigenvalue weighted by Crippen LogP contribution is 2.26. The monoisotopic (exact) mass is 293 g/mol. The second-order valence-corrected chi connectivity index (χ2v) is 4.81. The van der Waals surface area contributed by atoms with Gasteiger partial charge in [0.05, 0.1) is 5.02 Å². The lowest BCUT2D eigenvalue weighted by Crippen LogP contribution is -2.24. The number of nitrogens with one attached hydrogen (secondary N) is 1. The van der Waals surface area contributed by atoms with Crippen LogP contribution in [0.2, 0.25) is 5.02 Å². The zero-order chi connectivity index (χ0) is 14.4. The van der Waals surface area contributed by atoms with Crippen LogP contribution in [-0.4, -0.2) is 13.1 Å². The van der Waals surface area contributed by atoms with E-state index in [-0.39, 0.29) is 11.1 Å². The molecule has 0 heterocycles. The van der Waals surface area contributed by atoms with Crippen molar-refractivity contribution in [3.05, 3.63) is 64.9 Å². The molecule has 1 unspecified atom stereocenters. The summed E-state index contributed by atoms with van der Waals surface area (Å²) in [6.45, 7) is 3.57. The van der Waals surface area contributed by atoms with Crippen LogP contribution < -0.4 is 10.1 Å². The molecule has 2 aromatic rings. The molecule has 0 aliphatic rings. The first-order chi connectivity index (χ1) is 9.70. The van der Waals surface area contributed by atoms with E-state index in [1.54, 1.807) is 6.07 Å². The van der Waals surface area contributed by atoms with Crippen LogP contribution in [0.15, 0.2) is 48.5 Å². The van der Waals surface area contributed by atoms with Crippen molar-refractivity contribution in [1.82, 2.24) is 5.32 Å². The largest absolute Gasteiger partial charge is 0.484 e. The lowest BCUT2D eigenvalue weighted by atomic mass is 10.1. The maximum absolute atomic E-state index is 13.2. The summed E-state index contributed by atoms with van der Waals surface area (Å²) in [6.07, 6.45) is -0.141. The van der Waals surface area contributed by atoms with Crippen molar-refractivity contribution < 1.29 is 9.13 Å². The van der Waals surface area contributed by atoms with Gasteiger partial charge in [0.15, 0.2) is 0 Å². The number of ether oxygens (including phenoxy) is 1. The molecule has 0 spiro atoms. The number of halogens is 2. The third kappa shape index (κ3) is 3.95. The highest BCUT2D eigenvalue weighted by molar-refractivity contribution is 6.30. The molecule has 0 aliphatic heterocycles. The average Bonchev–Trinajstić information content (AvgIpc) is 2.48. The zero-order valence-corrected chi connectivity index (χ0v) is 12.0. The predicted octanol–water partition coefficient (Wildman–Crippen LogP) is 4.21. The molecule has 20 heavy (non-hydrogen) atoms. The van der Waals surface area contributed by atoms with Crippen molar-refractivity contribution in [2.45, 2.75) is 13.0 Å². The minimum absolute atomic E-state index is 0.0674. The van der Waals surface area contributed by atoms with Crippen LogP contribution in [0.25, 0.3) is 0 Å². The highest BCUT2D eigenvalue weighted by atomic mass is 35.5. The van der Waals surface area contributed by atoms with Crippen molar-refractivity contribution in [3.8, 4) is 5.75 Å². The fourth-order valence-corrected chi connectivity index (χ4v) is 2.06. The van der Waals surface area contributed by atoms with Crippen LogP contribution in [-0.2, 0) is 0 Å². The summed E-state index contributed by atoms with van der Waals surface area (Å²) in [5.41, 5.74) is 1.06. The number of rotatable bonds is 6. The van der Waals surface area contributed by atoms with E-state index in [4.69, 9.17) is 16.3 Å². The van der Waals surface area contributed by atoms with Gasteiger partial charge in [-0.05, 0) is 24.2 Å². The minimum atomic E-state index is -0.443. The molecular weight excluding hydrogens is 277 g/mol. The summed E-state index contributed by atoms with van der Waals surface area (Å²) in [5.74, 6) is 0.116. The van der Waals surface area contributed by atoms with Gasteiger partial charge in [-0.3, -0.25) is 0 Å². The van der Waals surface area contributed by atoms with Crippen LogP contribution in [0.5, 0.6) is 5.75 Å². The van der Waals surface area contributed by atoms with Crippen molar-refractivity contribution >= 4 is 11.6 Å². The minimum Gasteiger partial charge on any atom is -0.484 e. The molecule has 0 fully saturated rings. The standard InChI is InChI=1S/C16H17ClFNO/c1-2-19-11-16(12-6-4-3-5-7-12)20-13-8-9-15(18)14(17)10-13/h3-10,16,19H,2,11H2,1H3. The zero-order valence-electron chi connectivity index (χ0n) is 11.3. The first-order valence-corrected chi connectivity index (χ1v) is 6.96. The quantitative estimate of drug-likeness (QED) is 0.861. The van der Waals surface area contributed by atoms with Gasteiger partial charge in [-0.1, -0.05) is 48.9 Å². The van der Waals surface area contributed by atoms with Crippen LogP contribution in [0.1, 0.15) is 18.6 Å². The van der Waals surface area contributed by atoms with Crippen LogP contribution in [0.4, 0.5) is 4.39 Å². The van der Waals surface area contributed by atoms with Crippen molar-refractivity contribution in [2.75, 3.05) is 13.1 Å². The molecule has 0 aliphatic carbocycles. The normalized spacial score (nSPS) is 12.2. The van der Waals surface area contributed by atoms with Gasteiger partial charge in [0.2, 0.25) is 0 Å². The van der Waals surface area contributed by atoms with Crippen molar-refractivity contribution in [1.29, 1.82) is 0 Å². The second-order valence-electron chi connectivity index (χ2n) is 4.40. The Morgan fingerprint density at radius 3 is 2.60 bits per heavy atom. The third-order valence-corrected chi connectivity index (χ3v) is 3.21. The second kappa shape index (κ2) is 7.27. The Bertz CT molecular complexity index is 547. The first kappa shape index (κ1) is 14.8. The Morgan fingerprint density at radius 1 is 1.20 bits per heavy atom. The van der Waals surface area contributed by atoms with E-state index in [2.05, 4.69) is 5.32 Å². The molecule has 0 saturated heterocycles. The van der Waals surface area contributed by atoms with Crippen LogP contribution in [0, 0.1) is 5.82 Å². The van der Waals surface area contributed by atoms with E-state index in [1.807, 2.05) is 37.3 Å². The molecule has 1 N–H and O–H groups in total. The SMILES string of the molecule is CCNCC(Oc1ccc(F)c(Cl)c1)c1ccccc1. The van der Waals surface area contributed by atoms with Gasteiger partial charge in [0.25, 0.3) is 0 Å². The van der Waals surface area contributed by atoms with Gasteiger partial charge in [-0.25, -0.2) is 4.39 Å². The lowest BCUT2D eigenvalue weighted by molar-refractivity contribution is 0.202. The summed E-state index contributed by atoms with van der Waals surface area (Å²) < 4.78 is 19.1. The van der Waals surface area contributed by atoms with Crippen molar-refractivity contribution in [2.24, 2.45) is 0 Å². The Hall–Kier alpha value is -1.58. The predicted molar refractivity (Wildman–Crippen MR) is 79.8 cm³/mol. The Balaban J connectivity index is 2.17. The fraction of sp³-hybridized carbons (Fsp3) is 0.250. The van der Waals surface area contributed by atoms with Gasteiger partial charge in [0, 0.05) is 12.6 Å². The van der Waals surface area contributed by atoms with Gasteiger partial charge in [-0.2, -0.15) is 0 Å². The van der Waals surface area contributed by atoms with E-state index >= 15 is 0 Å². The van der Waals surface area contributed by atoms with Crippen LogP contribution >= 0.6 is 11.6 Å². The molecule has 2 rings (SSSR count). The smallest absolute Gasteiger partial charge is 0.142 e. The Kier molecular flexibility index (Phi) is 5.39. The van der Waals surface area contributed by atoms with E-state index in [1.165, 1.54) is 12.1 Å². The number of likely N-dealkylation sites (N-methyl/N-ethyl adjacent to an activating group) is 1. The van der Waals surface area contributed by atoms with E-state index in [0.717, 1.165) is 12.1 Å². The summed E-state index contributed by atoms with van der Waals surface area (Å²) >= 11 is 5.78. The van der Waals surface area contributed by atoms with E-state index in [9.17, 15) is 4.39 Å². The number of benzene rings is 2. The van der Waals surface area contributed by atoms with Gasteiger partial charge >= 0.3 is 0 Å². The lowest BCUT2D eigenvalue weighted by Gasteiger charge is -2.20. The average molecular weight is 294 g/mol. The molecular formula is C16H17ClFNO. The summed E-state index contributed by atoms with van der Waals surface area (Å²) in [5, 5.41) is 3.33. The molecule has 2 aromatic carbocycles. The van der Waals surface area contributed by atoms with Gasteiger partial charge < -0.3 is 10.1 Å². The Morgan fingerprint density at radius 2 is 1.95 bits per heavy atom. The molecule has 1 atom stereocenters. The summed E-state index contributed by atoms with van der Waals surface area (Å²) in [4.78, 5) is 0. The molecule has 0 aromatic heterocycles. The Labute approximate surface area is 123 Å². The van der Waals surface area contributed by atoms with Gasteiger partial charge in [-0.15, -0.1) is 0 Å². The maximum Gasteiger partial charge on any atom is 0.142 e. The van der Waals surface area contributed by atoms with Crippen molar-refractivity contribution in [3.63, 3.8) is 0 Å². The van der Waals surface area contributed by atoms with E-state index < -0.39 is 5.82 Å².